The third kappa shape index (κ3) is 3.07. The van der Waals surface area contributed by atoms with E-state index in [1.165, 1.54) is 0 Å². The van der Waals surface area contributed by atoms with E-state index in [1.807, 2.05) is 24.6 Å². The Hall–Kier alpha value is -2.41. The number of halogens is 1. The Balaban J connectivity index is 1.40. The van der Waals surface area contributed by atoms with Gasteiger partial charge in [-0.05, 0) is 45.6 Å². The summed E-state index contributed by atoms with van der Waals surface area (Å²) in [5.41, 5.74) is 4.63. The summed E-state index contributed by atoms with van der Waals surface area (Å²) in [5.74, 6) is 0.701. The Morgan fingerprint density at radius 2 is 2.04 bits per heavy atom. The molecule has 1 amide bonds. The lowest BCUT2D eigenvalue weighted by Gasteiger charge is -2.09. The number of aryl methyl sites for hydroxylation is 1. The van der Waals surface area contributed by atoms with Gasteiger partial charge in [0.15, 0.2) is 0 Å². The molecule has 0 spiro atoms. The summed E-state index contributed by atoms with van der Waals surface area (Å²) in [4.78, 5) is 17.7. The molecule has 0 unspecified atom stereocenters. The Labute approximate surface area is 167 Å². The molecule has 7 nitrogen and oxygen atoms in total. The van der Waals surface area contributed by atoms with Crippen molar-refractivity contribution in [2.24, 2.45) is 0 Å². The van der Waals surface area contributed by atoms with Crippen LogP contribution >= 0.6 is 11.6 Å². The molecule has 1 N–H and O–H groups in total. The van der Waals surface area contributed by atoms with Crippen LogP contribution < -0.4 is 5.32 Å². The number of amides is 1. The molecule has 2 saturated carbocycles. The molecule has 0 saturated heterocycles. The first-order valence-corrected chi connectivity index (χ1v) is 10.2. The fourth-order valence-electron chi connectivity index (χ4n) is 3.66. The average Bonchev–Trinajstić information content (AvgIpc) is 3.61. The van der Waals surface area contributed by atoms with E-state index in [1.54, 1.807) is 0 Å². The highest BCUT2D eigenvalue weighted by atomic mass is 35.5. The highest BCUT2D eigenvalue weighted by Gasteiger charge is 2.34. The van der Waals surface area contributed by atoms with Crippen molar-refractivity contribution in [1.82, 2.24) is 25.2 Å². The Bertz CT molecular complexity index is 1080. The summed E-state index contributed by atoms with van der Waals surface area (Å²) < 4.78 is 7.32. The van der Waals surface area contributed by atoms with Gasteiger partial charge in [0, 0.05) is 24.1 Å². The third-order valence-corrected chi connectivity index (χ3v) is 6.15. The Morgan fingerprint density at radius 3 is 2.68 bits per heavy atom. The smallest absolute Gasteiger partial charge is 0.259 e. The second-order valence-corrected chi connectivity index (χ2v) is 8.23. The monoisotopic (exact) mass is 399 g/mol. The first-order valence-electron chi connectivity index (χ1n) is 9.81. The van der Waals surface area contributed by atoms with Crippen LogP contribution in [0.3, 0.4) is 0 Å². The zero-order chi connectivity index (χ0) is 19.4. The van der Waals surface area contributed by atoms with Gasteiger partial charge >= 0.3 is 0 Å². The number of pyridine rings is 1. The van der Waals surface area contributed by atoms with Gasteiger partial charge in [0.1, 0.15) is 0 Å². The molecule has 2 fully saturated rings. The van der Waals surface area contributed by atoms with E-state index in [2.05, 4.69) is 20.6 Å². The van der Waals surface area contributed by atoms with Crippen molar-refractivity contribution in [1.29, 1.82) is 0 Å². The highest BCUT2D eigenvalue weighted by molar-refractivity contribution is 6.31. The number of hydrogen-bond acceptors (Lipinski definition) is 5. The maximum absolute atomic E-state index is 13.0. The van der Waals surface area contributed by atoms with Gasteiger partial charge in [0.05, 0.1) is 39.6 Å². The van der Waals surface area contributed by atoms with E-state index >= 15 is 0 Å². The topological polar surface area (TPSA) is 85.8 Å². The lowest BCUT2D eigenvalue weighted by molar-refractivity contribution is 0.0953. The van der Waals surface area contributed by atoms with Crippen molar-refractivity contribution in [3.8, 4) is 0 Å². The second kappa shape index (κ2) is 6.58. The van der Waals surface area contributed by atoms with Gasteiger partial charge in [-0.1, -0.05) is 16.8 Å². The van der Waals surface area contributed by atoms with Crippen LogP contribution in [0, 0.1) is 13.8 Å². The van der Waals surface area contributed by atoms with Gasteiger partial charge in [-0.3, -0.25) is 9.48 Å². The summed E-state index contributed by atoms with van der Waals surface area (Å²) in [6, 6.07) is 1.93. The van der Waals surface area contributed by atoms with Gasteiger partial charge in [0.2, 0.25) is 0 Å². The van der Waals surface area contributed by atoms with E-state index in [0.29, 0.717) is 41.2 Å². The maximum atomic E-state index is 13.0. The average molecular weight is 400 g/mol. The number of fused-ring (bicyclic) bond motifs is 1. The van der Waals surface area contributed by atoms with Gasteiger partial charge < -0.3 is 9.84 Å². The van der Waals surface area contributed by atoms with Crippen LogP contribution in [0.5, 0.6) is 0 Å². The normalized spacial score (nSPS) is 16.7. The predicted octanol–water partition coefficient (Wildman–Crippen LogP) is 3.87. The molecule has 0 atom stereocenters. The number of nitrogens with zero attached hydrogens (tertiary/aromatic N) is 4. The summed E-state index contributed by atoms with van der Waals surface area (Å²) in [6.45, 7) is 4.83. The summed E-state index contributed by atoms with van der Waals surface area (Å²) in [5, 5.41) is 13.1. The van der Waals surface area contributed by atoms with Crippen molar-refractivity contribution in [2.75, 3.05) is 6.54 Å². The third-order valence-electron chi connectivity index (χ3n) is 5.60. The molecule has 0 radical (unpaired) electrons. The molecule has 0 aromatic carbocycles. The maximum Gasteiger partial charge on any atom is 0.259 e. The summed E-state index contributed by atoms with van der Waals surface area (Å²) in [7, 11) is 0. The van der Waals surface area contributed by atoms with Crippen molar-refractivity contribution in [3.63, 3.8) is 0 Å². The molecule has 0 bridgehead atoms. The fourth-order valence-corrected chi connectivity index (χ4v) is 3.79. The first-order chi connectivity index (χ1) is 13.5. The van der Waals surface area contributed by atoms with Crippen molar-refractivity contribution in [2.45, 2.75) is 57.9 Å². The molecule has 0 aliphatic heterocycles. The van der Waals surface area contributed by atoms with Crippen molar-refractivity contribution >= 4 is 28.6 Å². The molecule has 2 aliphatic rings. The van der Waals surface area contributed by atoms with Crippen LogP contribution in [0.1, 0.15) is 70.7 Å². The lowest BCUT2D eigenvalue weighted by atomic mass is 10.1. The van der Waals surface area contributed by atoms with Crippen molar-refractivity contribution in [3.05, 3.63) is 39.4 Å². The Kier molecular flexibility index (Phi) is 4.16. The molecular formula is C20H22ClN5O2. The minimum atomic E-state index is -0.118. The number of carbonyl (C=O) groups is 1. The van der Waals surface area contributed by atoms with Crippen LogP contribution in [0.15, 0.2) is 10.6 Å². The quantitative estimate of drug-likeness (QED) is 0.679. The SMILES string of the molecule is Cc1nn(CCNC(=O)c2cc(C3CC3)nc3onc(C4CC4)c23)c(C)c1Cl. The molecule has 3 aromatic heterocycles. The van der Waals surface area contributed by atoms with Crippen LogP contribution in [-0.2, 0) is 6.54 Å². The van der Waals surface area contributed by atoms with Crippen LogP contribution in [0.4, 0.5) is 0 Å². The molecule has 3 heterocycles. The van der Waals surface area contributed by atoms with E-state index in [0.717, 1.165) is 53.8 Å². The van der Waals surface area contributed by atoms with Gasteiger partial charge in [-0.2, -0.15) is 5.10 Å². The summed E-state index contributed by atoms with van der Waals surface area (Å²) >= 11 is 6.20. The summed E-state index contributed by atoms with van der Waals surface area (Å²) in [6.07, 6.45) is 4.40. The highest BCUT2D eigenvalue weighted by Crippen LogP contribution is 2.45. The molecule has 5 rings (SSSR count). The molecule has 3 aromatic rings. The molecule has 28 heavy (non-hydrogen) atoms. The largest absolute Gasteiger partial charge is 0.350 e. The molecule has 146 valence electrons. The number of hydrogen-bond donors (Lipinski definition) is 1. The lowest BCUT2D eigenvalue weighted by Crippen LogP contribution is -2.28. The minimum Gasteiger partial charge on any atom is -0.350 e. The Morgan fingerprint density at radius 1 is 1.29 bits per heavy atom. The van der Waals surface area contributed by atoms with Crippen LogP contribution in [-0.4, -0.2) is 32.4 Å². The fraction of sp³-hybridized carbons (Fsp3) is 0.500. The van der Waals surface area contributed by atoms with E-state index < -0.39 is 0 Å². The first kappa shape index (κ1) is 17.7. The van der Waals surface area contributed by atoms with Crippen molar-refractivity contribution < 1.29 is 9.32 Å². The van der Waals surface area contributed by atoms with Gasteiger partial charge in [0.25, 0.3) is 11.6 Å². The second-order valence-electron chi connectivity index (χ2n) is 7.86. The van der Waals surface area contributed by atoms with E-state index in [4.69, 9.17) is 16.1 Å². The number of nitrogens with one attached hydrogen (secondary N) is 1. The number of rotatable bonds is 6. The number of aromatic nitrogens is 4. The zero-order valence-corrected chi connectivity index (χ0v) is 16.7. The minimum absolute atomic E-state index is 0.118. The molecule has 8 heteroatoms. The predicted molar refractivity (Wildman–Crippen MR) is 105 cm³/mol. The van der Waals surface area contributed by atoms with Crippen LogP contribution in [0.25, 0.3) is 11.1 Å². The van der Waals surface area contributed by atoms with Gasteiger partial charge in [-0.25, -0.2) is 4.98 Å². The molecular weight excluding hydrogens is 378 g/mol. The van der Waals surface area contributed by atoms with Gasteiger partial charge in [-0.15, -0.1) is 0 Å². The zero-order valence-electron chi connectivity index (χ0n) is 16.0. The van der Waals surface area contributed by atoms with Crippen LogP contribution in [0.2, 0.25) is 5.02 Å². The van der Waals surface area contributed by atoms with E-state index in [-0.39, 0.29) is 5.91 Å². The van der Waals surface area contributed by atoms with E-state index in [9.17, 15) is 4.79 Å². The standard InChI is InChI=1S/C20H22ClN5O2/c1-10-17(21)11(2)26(24-10)8-7-22-19(27)14-9-15(12-3-4-12)23-20-16(14)18(25-28-20)13-5-6-13/h9,12-13H,3-8H2,1-2H3,(H,22,27). The molecule has 2 aliphatic carbocycles. The number of carbonyl (C=O) groups excluding carboxylic acids is 1.